The van der Waals surface area contributed by atoms with Gasteiger partial charge in [-0.3, -0.25) is 4.68 Å². The number of aliphatic hydroxyl groups is 1. The molecule has 2 unspecified atom stereocenters. The zero-order chi connectivity index (χ0) is 10.9. The van der Waals surface area contributed by atoms with Gasteiger partial charge in [-0.1, -0.05) is 13.3 Å². The summed E-state index contributed by atoms with van der Waals surface area (Å²) in [6, 6.07) is 0. The molecular formula is C12H20N2O. The molecule has 1 aromatic rings. The fourth-order valence-corrected chi connectivity index (χ4v) is 2.56. The Hall–Kier alpha value is -0.830. The van der Waals surface area contributed by atoms with Crippen LogP contribution in [0.4, 0.5) is 0 Å². The van der Waals surface area contributed by atoms with Crippen LogP contribution < -0.4 is 0 Å². The minimum Gasteiger partial charge on any atom is -0.390 e. The number of hydrogen-bond donors (Lipinski definition) is 1. The molecule has 15 heavy (non-hydrogen) atoms. The lowest BCUT2D eigenvalue weighted by molar-refractivity contribution is 0.00132. The van der Waals surface area contributed by atoms with Crippen LogP contribution in [0.15, 0.2) is 12.4 Å². The van der Waals surface area contributed by atoms with Crippen molar-refractivity contribution in [3.63, 3.8) is 0 Å². The van der Waals surface area contributed by atoms with Crippen molar-refractivity contribution in [2.24, 2.45) is 13.0 Å². The molecule has 1 aromatic heterocycles. The Kier molecular flexibility index (Phi) is 2.83. The zero-order valence-electron chi connectivity index (χ0n) is 9.61. The first-order valence-electron chi connectivity index (χ1n) is 5.80. The third-order valence-corrected chi connectivity index (χ3v) is 3.77. The highest BCUT2D eigenvalue weighted by atomic mass is 16.3. The van der Waals surface area contributed by atoms with Crippen molar-refractivity contribution < 1.29 is 5.11 Å². The Morgan fingerprint density at radius 1 is 1.67 bits per heavy atom. The largest absolute Gasteiger partial charge is 0.390 e. The van der Waals surface area contributed by atoms with Gasteiger partial charge in [0.15, 0.2) is 0 Å². The Labute approximate surface area is 91.1 Å². The molecule has 0 aromatic carbocycles. The predicted molar refractivity (Wildman–Crippen MR) is 59.5 cm³/mol. The average Bonchev–Trinajstić information content (AvgIpc) is 2.73. The van der Waals surface area contributed by atoms with E-state index >= 15 is 0 Å². The third kappa shape index (κ3) is 2.23. The van der Waals surface area contributed by atoms with E-state index in [1.54, 1.807) is 0 Å². The maximum Gasteiger partial charge on any atom is 0.0676 e. The SMILES string of the molecule is CC1CCCC1(O)CCc1cnn(C)c1. The predicted octanol–water partition coefficient (Wildman–Crippen LogP) is 1.90. The summed E-state index contributed by atoms with van der Waals surface area (Å²) >= 11 is 0. The molecule has 1 aliphatic rings. The monoisotopic (exact) mass is 208 g/mol. The van der Waals surface area contributed by atoms with E-state index in [2.05, 4.69) is 12.0 Å². The van der Waals surface area contributed by atoms with Crippen LogP contribution in [0.3, 0.4) is 0 Å². The van der Waals surface area contributed by atoms with Gasteiger partial charge in [0.05, 0.1) is 11.8 Å². The minimum absolute atomic E-state index is 0.421. The Balaban J connectivity index is 1.92. The lowest BCUT2D eigenvalue weighted by Gasteiger charge is -2.27. The molecule has 0 aliphatic heterocycles. The molecule has 1 fully saturated rings. The Morgan fingerprint density at radius 3 is 3.00 bits per heavy atom. The smallest absolute Gasteiger partial charge is 0.0676 e. The van der Waals surface area contributed by atoms with Gasteiger partial charge in [0.25, 0.3) is 0 Å². The molecule has 0 saturated heterocycles. The lowest BCUT2D eigenvalue weighted by atomic mass is 9.87. The second-order valence-corrected chi connectivity index (χ2v) is 4.92. The summed E-state index contributed by atoms with van der Waals surface area (Å²) in [6.07, 6.45) is 9.04. The number of rotatable bonds is 3. The quantitative estimate of drug-likeness (QED) is 0.824. The highest BCUT2D eigenvalue weighted by molar-refractivity contribution is 5.05. The number of aryl methyl sites for hydroxylation is 2. The summed E-state index contributed by atoms with van der Waals surface area (Å²) in [5, 5.41) is 14.5. The second-order valence-electron chi connectivity index (χ2n) is 4.92. The van der Waals surface area contributed by atoms with Crippen molar-refractivity contribution in [1.82, 2.24) is 9.78 Å². The van der Waals surface area contributed by atoms with Crippen molar-refractivity contribution in [2.75, 3.05) is 0 Å². The van der Waals surface area contributed by atoms with Crippen LogP contribution in [0, 0.1) is 5.92 Å². The van der Waals surface area contributed by atoms with Gasteiger partial charge in [-0.2, -0.15) is 5.10 Å². The number of hydrogen-bond acceptors (Lipinski definition) is 2. The van der Waals surface area contributed by atoms with E-state index < -0.39 is 5.60 Å². The average molecular weight is 208 g/mol. The molecule has 0 radical (unpaired) electrons. The van der Waals surface area contributed by atoms with Gasteiger partial charge in [-0.25, -0.2) is 0 Å². The van der Waals surface area contributed by atoms with Crippen LogP contribution >= 0.6 is 0 Å². The van der Waals surface area contributed by atoms with Crippen LogP contribution in [0.25, 0.3) is 0 Å². The minimum atomic E-state index is -0.421. The summed E-state index contributed by atoms with van der Waals surface area (Å²) in [4.78, 5) is 0. The van der Waals surface area contributed by atoms with Crippen molar-refractivity contribution in [2.45, 2.75) is 44.6 Å². The first-order valence-corrected chi connectivity index (χ1v) is 5.80. The molecule has 2 rings (SSSR count). The van der Waals surface area contributed by atoms with Gasteiger partial charge in [0, 0.05) is 13.2 Å². The van der Waals surface area contributed by atoms with Crippen molar-refractivity contribution in [1.29, 1.82) is 0 Å². The van der Waals surface area contributed by atoms with Crippen LogP contribution in [0.2, 0.25) is 0 Å². The Morgan fingerprint density at radius 2 is 2.47 bits per heavy atom. The van der Waals surface area contributed by atoms with Crippen LogP contribution in [-0.4, -0.2) is 20.5 Å². The first kappa shape index (κ1) is 10.7. The fraction of sp³-hybridized carbons (Fsp3) is 0.750. The summed E-state index contributed by atoms with van der Waals surface area (Å²) in [5.74, 6) is 0.453. The van der Waals surface area contributed by atoms with E-state index in [0.29, 0.717) is 5.92 Å². The van der Waals surface area contributed by atoms with Crippen LogP contribution in [0.5, 0.6) is 0 Å². The van der Waals surface area contributed by atoms with Crippen LogP contribution in [0.1, 0.15) is 38.2 Å². The number of aromatic nitrogens is 2. The molecule has 1 saturated carbocycles. The molecule has 3 nitrogen and oxygen atoms in total. The van der Waals surface area contributed by atoms with Crippen LogP contribution in [-0.2, 0) is 13.5 Å². The van der Waals surface area contributed by atoms with Crippen molar-refractivity contribution in [3.05, 3.63) is 18.0 Å². The lowest BCUT2D eigenvalue weighted by Crippen LogP contribution is -2.31. The molecule has 2 atom stereocenters. The maximum absolute atomic E-state index is 10.4. The molecule has 1 aliphatic carbocycles. The summed E-state index contributed by atoms with van der Waals surface area (Å²) in [6.45, 7) is 2.16. The van der Waals surface area contributed by atoms with Gasteiger partial charge >= 0.3 is 0 Å². The zero-order valence-corrected chi connectivity index (χ0v) is 9.61. The maximum atomic E-state index is 10.4. The molecule has 0 amide bonds. The van der Waals surface area contributed by atoms with Gasteiger partial charge in [0.2, 0.25) is 0 Å². The molecule has 1 N–H and O–H groups in total. The van der Waals surface area contributed by atoms with Crippen molar-refractivity contribution in [3.8, 4) is 0 Å². The Bertz CT molecular complexity index is 334. The normalized spacial score (nSPS) is 31.0. The van der Waals surface area contributed by atoms with E-state index in [1.807, 2.05) is 24.1 Å². The van der Waals surface area contributed by atoms with Crippen molar-refractivity contribution >= 4 is 0 Å². The van der Waals surface area contributed by atoms with E-state index in [9.17, 15) is 5.11 Å². The van der Waals surface area contributed by atoms with E-state index in [1.165, 1.54) is 18.4 Å². The number of nitrogens with zero attached hydrogens (tertiary/aromatic N) is 2. The highest BCUT2D eigenvalue weighted by Crippen LogP contribution is 2.38. The van der Waals surface area contributed by atoms with E-state index in [-0.39, 0.29) is 0 Å². The summed E-state index contributed by atoms with van der Waals surface area (Å²) in [5.41, 5.74) is 0.806. The standard InChI is InChI=1S/C12H20N2O/c1-10-4-3-6-12(10,15)7-5-11-8-13-14(2)9-11/h8-10,15H,3-7H2,1-2H3. The fourth-order valence-electron chi connectivity index (χ4n) is 2.56. The molecule has 1 heterocycles. The third-order valence-electron chi connectivity index (χ3n) is 3.77. The van der Waals surface area contributed by atoms with Gasteiger partial charge in [-0.15, -0.1) is 0 Å². The summed E-state index contributed by atoms with van der Waals surface area (Å²) < 4.78 is 1.82. The van der Waals surface area contributed by atoms with Gasteiger partial charge in [0.1, 0.15) is 0 Å². The van der Waals surface area contributed by atoms with E-state index in [4.69, 9.17) is 0 Å². The molecule has 3 heteroatoms. The van der Waals surface area contributed by atoms with Gasteiger partial charge < -0.3 is 5.11 Å². The summed E-state index contributed by atoms with van der Waals surface area (Å²) in [7, 11) is 1.93. The van der Waals surface area contributed by atoms with E-state index in [0.717, 1.165) is 19.3 Å². The second kappa shape index (κ2) is 3.97. The highest BCUT2D eigenvalue weighted by Gasteiger charge is 2.37. The molecule has 0 spiro atoms. The first-order chi connectivity index (χ1) is 7.10. The van der Waals surface area contributed by atoms with Gasteiger partial charge in [-0.05, 0) is 37.2 Å². The topological polar surface area (TPSA) is 38.1 Å². The molecule has 84 valence electrons. The molecule has 0 bridgehead atoms. The molecular weight excluding hydrogens is 188 g/mol.